The van der Waals surface area contributed by atoms with Crippen LogP contribution in [-0.4, -0.2) is 58.6 Å². The summed E-state index contributed by atoms with van der Waals surface area (Å²) in [6.45, 7) is 1.32. The predicted molar refractivity (Wildman–Crippen MR) is 103 cm³/mol. The number of aromatic nitrogens is 1. The lowest BCUT2D eigenvalue weighted by atomic mass is 9.90. The van der Waals surface area contributed by atoms with Gasteiger partial charge >= 0.3 is 0 Å². The number of benzene rings is 1. The van der Waals surface area contributed by atoms with Crippen LogP contribution in [0.5, 0.6) is 5.75 Å². The van der Waals surface area contributed by atoms with Gasteiger partial charge in [-0.15, -0.1) is 0 Å². The lowest BCUT2D eigenvalue weighted by Crippen LogP contribution is -2.57. The van der Waals surface area contributed by atoms with Crippen LogP contribution in [0.1, 0.15) is 24.1 Å². The van der Waals surface area contributed by atoms with Gasteiger partial charge in [0.05, 0.1) is 12.8 Å². The Labute approximate surface area is 164 Å². The summed E-state index contributed by atoms with van der Waals surface area (Å²) in [4.78, 5) is 20.7. The van der Waals surface area contributed by atoms with E-state index in [1.54, 1.807) is 18.3 Å². The third-order valence-corrected chi connectivity index (χ3v) is 5.01. The smallest absolute Gasteiger partial charge is 0.256 e. The first-order valence-corrected chi connectivity index (χ1v) is 9.34. The van der Waals surface area contributed by atoms with Crippen LogP contribution < -0.4 is 4.74 Å². The molecule has 0 radical (unpaired) electrons. The number of carbonyl (C=O) groups is 1. The van der Waals surface area contributed by atoms with Crippen molar-refractivity contribution in [2.45, 2.75) is 31.5 Å². The van der Waals surface area contributed by atoms with E-state index >= 15 is 0 Å². The molecule has 150 valence electrons. The molecule has 0 spiro atoms. The highest BCUT2D eigenvalue weighted by molar-refractivity contribution is 5.86. The standard InChI is InChI=1S/C21H26FN3O3/c1-24(14-17-6-3-4-10-23-17)15-21(27)9-5-11-25(20(21)26)13-16-12-18(28-2)7-8-19(16)22/h3-4,6-8,10,12,27H,5,9,11,13-15H2,1-2H3/t21-/m0/s1. The van der Waals surface area contributed by atoms with Gasteiger partial charge in [0.25, 0.3) is 5.91 Å². The summed E-state index contributed by atoms with van der Waals surface area (Å²) in [5, 5.41) is 11.0. The number of hydrogen-bond donors (Lipinski definition) is 1. The van der Waals surface area contributed by atoms with E-state index in [2.05, 4.69) is 4.98 Å². The van der Waals surface area contributed by atoms with Crippen molar-refractivity contribution in [2.24, 2.45) is 0 Å². The third kappa shape index (κ3) is 4.66. The molecule has 7 heteroatoms. The molecule has 1 aliphatic rings. The number of halogens is 1. The zero-order valence-corrected chi connectivity index (χ0v) is 16.3. The van der Waals surface area contributed by atoms with Crippen LogP contribution in [0, 0.1) is 5.82 Å². The molecular weight excluding hydrogens is 361 g/mol. The number of methoxy groups -OCH3 is 1. The van der Waals surface area contributed by atoms with Gasteiger partial charge in [-0.2, -0.15) is 0 Å². The highest BCUT2D eigenvalue weighted by Gasteiger charge is 2.43. The molecule has 0 unspecified atom stereocenters. The summed E-state index contributed by atoms with van der Waals surface area (Å²) in [5.74, 6) is -0.227. The average molecular weight is 387 g/mol. The Hall–Kier alpha value is -2.51. The maximum absolute atomic E-state index is 14.2. The topological polar surface area (TPSA) is 65.9 Å². The summed E-state index contributed by atoms with van der Waals surface area (Å²) in [6.07, 6.45) is 2.76. The highest BCUT2D eigenvalue weighted by Crippen LogP contribution is 2.27. The Morgan fingerprint density at radius 1 is 1.36 bits per heavy atom. The van der Waals surface area contributed by atoms with Gasteiger partial charge in [-0.1, -0.05) is 6.07 Å². The van der Waals surface area contributed by atoms with E-state index in [0.29, 0.717) is 37.2 Å². The second-order valence-corrected chi connectivity index (χ2v) is 7.31. The summed E-state index contributed by atoms with van der Waals surface area (Å²) >= 11 is 0. The third-order valence-electron chi connectivity index (χ3n) is 5.01. The van der Waals surface area contributed by atoms with Crippen molar-refractivity contribution >= 4 is 5.91 Å². The molecule has 6 nitrogen and oxygen atoms in total. The maximum Gasteiger partial charge on any atom is 0.256 e. The average Bonchev–Trinajstić information content (AvgIpc) is 2.68. The molecule has 0 aliphatic carbocycles. The van der Waals surface area contributed by atoms with Crippen molar-refractivity contribution in [2.75, 3.05) is 27.2 Å². The number of aliphatic hydroxyl groups is 1. The number of ether oxygens (including phenoxy) is 1. The molecule has 28 heavy (non-hydrogen) atoms. The van der Waals surface area contributed by atoms with Crippen LogP contribution in [0.3, 0.4) is 0 Å². The van der Waals surface area contributed by atoms with Gasteiger partial charge in [0.15, 0.2) is 5.60 Å². The minimum atomic E-state index is -1.49. The molecule has 1 atom stereocenters. The number of hydrogen-bond acceptors (Lipinski definition) is 5. The monoisotopic (exact) mass is 387 g/mol. The maximum atomic E-state index is 14.2. The zero-order valence-electron chi connectivity index (χ0n) is 16.3. The first-order valence-electron chi connectivity index (χ1n) is 9.34. The SMILES string of the molecule is COc1ccc(F)c(CN2CCC[C@](O)(CN(C)Cc3ccccn3)C2=O)c1. The molecule has 3 rings (SSSR count). The van der Waals surface area contributed by atoms with Crippen LogP contribution in [0.4, 0.5) is 4.39 Å². The van der Waals surface area contributed by atoms with Crippen LogP contribution in [-0.2, 0) is 17.9 Å². The normalized spacial score (nSPS) is 19.9. The Morgan fingerprint density at radius 2 is 2.18 bits per heavy atom. The number of carbonyl (C=O) groups excluding carboxylic acids is 1. The number of piperidine rings is 1. The van der Waals surface area contributed by atoms with Crippen molar-refractivity contribution in [1.29, 1.82) is 0 Å². The molecule has 1 aromatic carbocycles. The van der Waals surface area contributed by atoms with Gasteiger partial charge in [-0.25, -0.2) is 4.39 Å². The summed E-state index contributed by atoms with van der Waals surface area (Å²) in [6, 6.07) is 10.1. The van der Waals surface area contributed by atoms with Crippen molar-refractivity contribution in [3.63, 3.8) is 0 Å². The van der Waals surface area contributed by atoms with E-state index in [0.717, 1.165) is 5.69 Å². The zero-order chi connectivity index (χ0) is 20.1. The molecule has 1 amide bonds. The molecular formula is C21H26FN3O3. The second kappa shape index (κ2) is 8.67. The number of rotatable bonds is 7. The largest absolute Gasteiger partial charge is 0.497 e. The summed E-state index contributed by atoms with van der Waals surface area (Å²) in [5.41, 5.74) is -0.247. The first-order chi connectivity index (χ1) is 13.4. The molecule has 0 saturated carbocycles. The van der Waals surface area contributed by atoms with E-state index in [1.807, 2.05) is 30.1 Å². The minimum Gasteiger partial charge on any atom is -0.497 e. The highest BCUT2D eigenvalue weighted by atomic mass is 19.1. The van der Waals surface area contributed by atoms with Crippen molar-refractivity contribution < 1.29 is 19.0 Å². The Balaban J connectivity index is 1.68. The van der Waals surface area contributed by atoms with E-state index in [1.165, 1.54) is 18.1 Å². The lowest BCUT2D eigenvalue weighted by molar-refractivity contribution is -0.160. The van der Waals surface area contributed by atoms with Crippen LogP contribution in [0.2, 0.25) is 0 Å². The van der Waals surface area contributed by atoms with Gasteiger partial charge in [0.1, 0.15) is 11.6 Å². The van der Waals surface area contributed by atoms with Crippen LogP contribution in [0.15, 0.2) is 42.6 Å². The van der Waals surface area contributed by atoms with E-state index in [9.17, 15) is 14.3 Å². The van der Waals surface area contributed by atoms with E-state index in [-0.39, 0.29) is 19.0 Å². The van der Waals surface area contributed by atoms with Gasteiger partial charge < -0.3 is 14.7 Å². The van der Waals surface area contributed by atoms with E-state index in [4.69, 9.17) is 4.74 Å². The summed E-state index contributed by atoms with van der Waals surface area (Å²) < 4.78 is 19.3. The Bertz CT molecular complexity index is 818. The van der Waals surface area contributed by atoms with Crippen LogP contribution in [0.25, 0.3) is 0 Å². The summed E-state index contributed by atoms with van der Waals surface area (Å²) in [7, 11) is 3.36. The van der Waals surface area contributed by atoms with Crippen molar-refractivity contribution in [1.82, 2.24) is 14.8 Å². The molecule has 2 heterocycles. The van der Waals surface area contributed by atoms with Crippen molar-refractivity contribution in [3.8, 4) is 5.75 Å². The number of likely N-dealkylation sites (N-methyl/N-ethyl adjacent to an activating group) is 1. The molecule has 1 fully saturated rings. The van der Waals surface area contributed by atoms with Crippen LogP contribution >= 0.6 is 0 Å². The Kier molecular flexibility index (Phi) is 6.26. The minimum absolute atomic E-state index is 0.105. The molecule has 0 bridgehead atoms. The van der Waals surface area contributed by atoms with Gasteiger partial charge in [0, 0.05) is 37.9 Å². The van der Waals surface area contributed by atoms with Gasteiger partial charge in [0.2, 0.25) is 0 Å². The van der Waals surface area contributed by atoms with E-state index < -0.39 is 11.4 Å². The molecule has 1 aliphatic heterocycles. The molecule has 2 aromatic rings. The second-order valence-electron chi connectivity index (χ2n) is 7.31. The molecule has 1 aromatic heterocycles. The van der Waals surface area contributed by atoms with Gasteiger partial charge in [-0.05, 0) is 50.2 Å². The quantitative estimate of drug-likeness (QED) is 0.789. The first kappa shape index (κ1) is 20.2. The molecule has 1 N–H and O–H groups in total. The number of pyridine rings is 1. The number of likely N-dealkylation sites (tertiary alicyclic amines) is 1. The number of amides is 1. The Morgan fingerprint density at radius 3 is 2.89 bits per heavy atom. The van der Waals surface area contributed by atoms with Gasteiger partial charge in [-0.3, -0.25) is 14.7 Å². The fourth-order valence-electron chi connectivity index (χ4n) is 3.64. The van der Waals surface area contributed by atoms with Crippen molar-refractivity contribution in [3.05, 3.63) is 59.7 Å². The lowest BCUT2D eigenvalue weighted by Gasteiger charge is -2.40. The number of nitrogens with zero attached hydrogens (tertiary/aromatic N) is 3. The fourth-order valence-corrected chi connectivity index (χ4v) is 3.64. The molecule has 1 saturated heterocycles. The predicted octanol–water partition coefficient (Wildman–Crippen LogP) is 2.21. The fraction of sp³-hybridized carbons (Fsp3) is 0.429.